The van der Waals surface area contributed by atoms with E-state index in [9.17, 15) is 10.0 Å². The molecule has 0 saturated carbocycles. The van der Waals surface area contributed by atoms with Crippen LogP contribution in [-0.4, -0.2) is 11.1 Å². The lowest BCUT2D eigenvalue weighted by Gasteiger charge is -2.01. The van der Waals surface area contributed by atoms with E-state index < -0.39 is 5.97 Å². The quantitative estimate of drug-likeness (QED) is 0.413. The van der Waals surface area contributed by atoms with E-state index in [1.165, 1.54) is 30.8 Å². The van der Waals surface area contributed by atoms with Crippen molar-refractivity contribution in [1.82, 2.24) is 5.16 Å². The van der Waals surface area contributed by atoms with E-state index in [1.54, 1.807) is 18.2 Å². The average Bonchev–Trinajstić information content (AvgIpc) is 3.16. The van der Waals surface area contributed by atoms with Crippen LogP contribution in [0.3, 0.4) is 0 Å². The summed E-state index contributed by atoms with van der Waals surface area (Å²) in [5.74, 6) is 0.458. The van der Waals surface area contributed by atoms with Crippen LogP contribution >= 0.6 is 0 Å². The molecule has 0 radical (unpaired) electrons. The molecular weight excluding hydrogens is 276 g/mol. The Morgan fingerprint density at radius 1 is 1.29 bits per heavy atom. The first-order valence-corrected chi connectivity index (χ1v) is 6.08. The van der Waals surface area contributed by atoms with Crippen LogP contribution in [0.2, 0.25) is 0 Å². The predicted molar refractivity (Wildman–Crippen MR) is 68.7 cm³/mol. The molecule has 7 nitrogen and oxygen atoms in total. The first-order chi connectivity index (χ1) is 10.2. The summed E-state index contributed by atoms with van der Waals surface area (Å²) in [6.45, 7) is -0.0324. The lowest BCUT2D eigenvalue weighted by Crippen LogP contribution is -2.24. The van der Waals surface area contributed by atoms with E-state index in [0.717, 1.165) is 0 Å². The molecule has 0 amide bonds. The first kappa shape index (κ1) is 12.9. The number of carbonyl (C=O) groups is 1. The molecule has 3 rings (SSSR count). The van der Waals surface area contributed by atoms with Crippen molar-refractivity contribution in [3.05, 3.63) is 65.5 Å². The Hall–Kier alpha value is -3.09. The van der Waals surface area contributed by atoms with Gasteiger partial charge < -0.3 is 18.9 Å². The first-order valence-electron chi connectivity index (χ1n) is 6.08. The number of carbonyl (C=O) groups excluding carboxylic acids is 1. The van der Waals surface area contributed by atoms with Crippen LogP contribution in [0.15, 0.2) is 57.9 Å². The second kappa shape index (κ2) is 5.49. The number of hydrogen-bond donors (Lipinski definition) is 0. The molecule has 106 valence electrons. The van der Waals surface area contributed by atoms with Crippen LogP contribution in [0.5, 0.6) is 0 Å². The van der Waals surface area contributed by atoms with Crippen molar-refractivity contribution in [2.75, 3.05) is 0 Å². The van der Waals surface area contributed by atoms with Gasteiger partial charge in [0.15, 0.2) is 18.2 Å². The van der Waals surface area contributed by atoms with Gasteiger partial charge in [-0.15, -0.1) is 0 Å². The van der Waals surface area contributed by atoms with Gasteiger partial charge in [0.05, 0.1) is 11.8 Å². The van der Waals surface area contributed by atoms with Gasteiger partial charge in [-0.25, -0.2) is 4.79 Å². The fraction of sp³-hybridized carbons (Fsp3) is 0.0714. The number of esters is 1. The summed E-state index contributed by atoms with van der Waals surface area (Å²) in [6, 6.07) is 7.86. The van der Waals surface area contributed by atoms with Crippen LogP contribution in [0, 0.1) is 5.21 Å². The molecule has 21 heavy (non-hydrogen) atoms. The maximum Gasteiger partial charge on any atom is 0.338 e. The van der Waals surface area contributed by atoms with Crippen molar-refractivity contribution in [2.45, 2.75) is 6.61 Å². The molecule has 0 N–H and O–H groups in total. The monoisotopic (exact) mass is 286 g/mol. The van der Waals surface area contributed by atoms with E-state index >= 15 is 0 Å². The third-order valence-electron chi connectivity index (χ3n) is 2.71. The van der Waals surface area contributed by atoms with Crippen LogP contribution in [0.4, 0.5) is 0 Å². The SMILES string of the molecule is O=C(OCc1cc(-c2ccco2)on1)c1cc[n+]([O-])cc1. The van der Waals surface area contributed by atoms with E-state index in [-0.39, 0.29) is 12.2 Å². The average molecular weight is 286 g/mol. The van der Waals surface area contributed by atoms with E-state index in [4.69, 9.17) is 13.7 Å². The highest BCUT2D eigenvalue weighted by atomic mass is 16.5. The molecule has 0 fully saturated rings. The highest BCUT2D eigenvalue weighted by Crippen LogP contribution is 2.20. The molecule has 0 aliphatic heterocycles. The van der Waals surface area contributed by atoms with Gasteiger partial charge in [-0.2, -0.15) is 4.73 Å². The van der Waals surface area contributed by atoms with Crippen molar-refractivity contribution in [3.8, 4) is 11.5 Å². The molecule has 0 aliphatic carbocycles. The van der Waals surface area contributed by atoms with Crippen molar-refractivity contribution in [2.24, 2.45) is 0 Å². The van der Waals surface area contributed by atoms with Gasteiger partial charge in [-0.3, -0.25) is 0 Å². The molecule has 0 aromatic carbocycles. The molecule has 0 aliphatic rings. The minimum absolute atomic E-state index is 0.0324. The van der Waals surface area contributed by atoms with E-state index in [2.05, 4.69) is 5.16 Å². The maximum absolute atomic E-state index is 11.8. The zero-order valence-electron chi connectivity index (χ0n) is 10.8. The summed E-state index contributed by atoms with van der Waals surface area (Å²) in [7, 11) is 0. The third kappa shape index (κ3) is 2.92. The summed E-state index contributed by atoms with van der Waals surface area (Å²) < 4.78 is 15.9. The molecular formula is C14H10N2O5. The van der Waals surface area contributed by atoms with E-state index in [0.29, 0.717) is 21.9 Å². The molecule has 0 atom stereocenters. The molecule has 3 aromatic rings. The number of rotatable bonds is 4. The molecule has 0 unspecified atom stereocenters. The fourth-order valence-electron chi connectivity index (χ4n) is 1.69. The standard InChI is InChI=1S/C14H10N2O5/c17-14(10-3-5-16(18)6-4-10)20-9-11-8-13(21-15-11)12-2-1-7-19-12/h1-8H,9H2. The van der Waals surface area contributed by atoms with Gasteiger partial charge in [0, 0.05) is 18.2 Å². The Morgan fingerprint density at radius 3 is 2.81 bits per heavy atom. The Morgan fingerprint density at radius 2 is 2.10 bits per heavy atom. The van der Waals surface area contributed by atoms with Crippen LogP contribution in [0.25, 0.3) is 11.5 Å². The largest absolute Gasteiger partial charge is 0.619 e. The van der Waals surface area contributed by atoms with Gasteiger partial charge >= 0.3 is 5.97 Å². The van der Waals surface area contributed by atoms with Crippen LogP contribution in [-0.2, 0) is 11.3 Å². The predicted octanol–water partition coefficient (Wildman–Crippen LogP) is 1.92. The topological polar surface area (TPSA) is 92.4 Å². The third-order valence-corrected chi connectivity index (χ3v) is 2.71. The number of aromatic nitrogens is 2. The smallest absolute Gasteiger partial charge is 0.338 e. The van der Waals surface area contributed by atoms with E-state index in [1.807, 2.05) is 0 Å². The Bertz CT molecular complexity index is 731. The summed E-state index contributed by atoms with van der Waals surface area (Å²) in [5, 5.41) is 14.7. The maximum atomic E-state index is 11.8. The molecule has 0 saturated heterocycles. The van der Waals surface area contributed by atoms with Crippen molar-refractivity contribution >= 4 is 5.97 Å². The second-order valence-corrected chi connectivity index (χ2v) is 4.18. The van der Waals surface area contributed by atoms with Crippen molar-refractivity contribution < 1.29 is 23.2 Å². The van der Waals surface area contributed by atoms with Gasteiger partial charge in [-0.05, 0) is 12.1 Å². The summed E-state index contributed by atoms with van der Waals surface area (Å²) in [5.41, 5.74) is 0.751. The number of hydrogen-bond acceptors (Lipinski definition) is 6. The highest BCUT2D eigenvalue weighted by molar-refractivity contribution is 5.88. The number of ether oxygens (including phenoxy) is 1. The zero-order chi connectivity index (χ0) is 14.7. The fourth-order valence-corrected chi connectivity index (χ4v) is 1.69. The zero-order valence-corrected chi connectivity index (χ0v) is 10.8. The Balaban J connectivity index is 1.62. The molecule has 3 heterocycles. The highest BCUT2D eigenvalue weighted by Gasteiger charge is 2.12. The minimum Gasteiger partial charge on any atom is -0.619 e. The van der Waals surface area contributed by atoms with Crippen molar-refractivity contribution in [1.29, 1.82) is 0 Å². The lowest BCUT2D eigenvalue weighted by molar-refractivity contribution is -0.605. The number of pyridine rings is 1. The second-order valence-electron chi connectivity index (χ2n) is 4.18. The van der Waals surface area contributed by atoms with Crippen molar-refractivity contribution in [3.63, 3.8) is 0 Å². The summed E-state index contributed by atoms with van der Waals surface area (Å²) in [4.78, 5) is 11.8. The van der Waals surface area contributed by atoms with Gasteiger partial charge in [0.2, 0.25) is 5.76 Å². The Labute approximate surface area is 118 Å². The number of furan rings is 1. The number of nitrogens with zero attached hydrogens (tertiary/aromatic N) is 2. The molecule has 0 spiro atoms. The van der Waals surface area contributed by atoms with Gasteiger partial charge in [0.25, 0.3) is 0 Å². The summed E-state index contributed by atoms with van der Waals surface area (Å²) in [6.07, 6.45) is 3.97. The normalized spacial score (nSPS) is 10.5. The van der Waals surface area contributed by atoms with Crippen LogP contribution < -0.4 is 4.73 Å². The minimum atomic E-state index is -0.543. The van der Waals surface area contributed by atoms with Crippen LogP contribution in [0.1, 0.15) is 16.1 Å². The van der Waals surface area contributed by atoms with Gasteiger partial charge in [-0.1, -0.05) is 5.16 Å². The molecule has 0 bridgehead atoms. The Kier molecular flexibility index (Phi) is 3.38. The molecule has 3 aromatic heterocycles. The molecule has 7 heteroatoms. The lowest BCUT2D eigenvalue weighted by atomic mass is 10.3. The van der Waals surface area contributed by atoms with Gasteiger partial charge in [0.1, 0.15) is 12.3 Å². The summed E-state index contributed by atoms with van der Waals surface area (Å²) >= 11 is 0.